The highest BCUT2D eigenvalue weighted by Gasteiger charge is 2.19. The maximum Gasteiger partial charge on any atom is 0.373 e. The molecule has 0 aliphatic heterocycles. The van der Waals surface area contributed by atoms with Crippen molar-refractivity contribution in [2.24, 2.45) is 0 Å². The molecule has 0 radical (unpaired) electrons. The molecular formula is C11H7BrClNO3. The average Bonchev–Trinajstić information content (AvgIpc) is 2.74. The lowest BCUT2D eigenvalue weighted by Gasteiger charge is -1.94. The molecule has 2 rings (SSSR count). The van der Waals surface area contributed by atoms with E-state index in [0.717, 1.165) is 0 Å². The molecule has 6 heteroatoms. The molecule has 1 N–H and O–H groups in total. The number of aromatic carboxylic acids is 1. The van der Waals surface area contributed by atoms with E-state index in [1.54, 1.807) is 24.3 Å². The Morgan fingerprint density at radius 2 is 2.06 bits per heavy atom. The summed E-state index contributed by atoms with van der Waals surface area (Å²) >= 11 is 8.93. The van der Waals surface area contributed by atoms with E-state index >= 15 is 0 Å². The van der Waals surface area contributed by atoms with E-state index in [1.165, 1.54) is 0 Å². The minimum atomic E-state index is -1.13. The fourth-order valence-electron chi connectivity index (χ4n) is 1.33. The molecule has 0 atom stereocenters. The maximum absolute atomic E-state index is 10.9. The summed E-state index contributed by atoms with van der Waals surface area (Å²) < 4.78 is 5.21. The predicted molar refractivity (Wildman–Crippen MR) is 66.5 cm³/mol. The van der Waals surface area contributed by atoms with E-state index < -0.39 is 5.97 Å². The molecule has 0 aliphatic rings. The molecule has 0 aliphatic carbocycles. The van der Waals surface area contributed by atoms with Crippen molar-refractivity contribution >= 4 is 33.5 Å². The fraction of sp³-hybridized carbons (Fsp3) is 0.0909. The third-order valence-electron chi connectivity index (χ3n) is 2.11. The second kappa shape index (κ2) is 4.89. The smallest absolute Gasteiger partial charge is 0.373 e. The van der Waals surface area contributed by atoms with Crippen molar-refractivity contribution in [2.45, 2.75) is 5.33 Å². The number of hydrogen-bond donors (Lipinski definition) is 1. The molecule has 0 amide bonds. The standard InChI is InChI=1S/C11H7BrClNO3/c12-5-8-9(11(15)16)17-10(14-8)6-1-3-7(13)4-2-6/h1-4H,5H2,(H,15,16). The van der Waals surface area contributed by atoms with Crippen molar-refractivity contribution in [3.05, 3.63) is 40.7 Å². The van der Waals surface area contributed by atoms with Crippen LogP contribution in [-0.4, -0.2) is 16.1 Å². The van der Waals surface area contributed by atoms with Gasteiger partial charge in [0.15, 0.2) is 0 Å². The molecule has 0 saturated heterocycles. The molecule has 1 aromatic heterocycles. The van der Waals surface area contributed by atoms with Crippen LogP contribution in [-0.2, 0) is 5.33 Å². The van der Waals surface area contributed by atoms with E-state index in [0.29, 0.717) is 21.6 Å². The van der Waals surface area contributed by atoms with Crippen molar-refractivity contribution in [3.8, 4) is 11.5 Å². The molecule has 0 fully saturated rings. The van der Waals surface area contributed by atoms with Crippen LogP contribution in [0.4, 0.5) is 0 Å². The van der Waals surface area contributed by atoms with Crippen LogP contribution >= 0.6 is 27.5 Å². The van der Waals surface area contributed by atoms with Crippen LogP contribution in [0.5, 0.6) is 0 Å². The number of hydrogen-bond acceptors (Lipinski definition) is 3. The first-order valence-electron chi connectivity index (χ1n) is 4.66. The number of nitrogens with zero attached hydrogens (tertiary/aromatic N) is 1. The molecule has 0 saturated carbocycles. The van der Waals surface area contributed by atoms with Crippen LogP contribution in [0, 0.1) is 0 Å². The number of carboxylic acid groups (broad SMARTS) is 1. The van der Waals surface area contributed by atoms with Gasteiger partial charge in [0.2, 0.25) is 11.7 Å². The molecule has 4 nitrogen and oxygen atoms in total. The predicted octanol–water partition coefficient (Wildman–Crippen LogP) is 3.59. The van der Waals surface area contributed by atoms with Gasteiger partial charge in [-0.1, -0.05) is 27.5 Å². The highest BCUT2D eigenvalue weighted by Crippen LogP contribution is 2.24. The van der Waals surface area contributed by atoms with Crippen LogP contribution in [0.15, 0.2) is 28.7 Å². The molecule has 88 valence electrons. The number of alkyl halides is 1. The van der Waals surface area contributed by atoms with Crippen LogP contribution in [0.25, 0.3) is 11.5 Å². The van der Waals surface area contributed by atoms with Crippen LogP contribution in [0.1, 0.15) is 16.2 Å². The Labute approximate surface area is 110 Å². The van der Waals surface area contributed by atoms with E-state index in [9.17, 15) is 4.79 Å². The highest BCUT2D eigenvalue weighted by atomic mass is 79.9. The molecule has 0 unspecified atom stereocenters. The van der Waals surface area contributed by atoms with Crippen molar-refractivity contribution in [1.82, 2.24) is 4.98 Å². The highest BCUT2D eigenvalue weighted by molar-refractivity contribution is 9.08. The summed E-state index contributed by atoms with van der Waals surface area (Å²) in [6, 6.07) is 6.82. The van der Waals surface area contributed by atoms with Gasteiger partial charge in [-0.15, -0.1) is 0 Å². The van der Waals surface area contributed by atoms with Crippen LogP contribution in [0.3, 0.4) is 0 Å². The van der Waals surface area contributed by atoms with Crippen molar-refractivity contribution < 1.29 is 14.3 Å². The third-order valence-corrected chi connectivity index (χ3v) is 2.89. The second-order valence-electron chi connectivity index (χ2n) is 3.24. The van der Waals surface area contributed by atoms with Gasteiger partial charge in [-0.3, -0.25) is 0 Å². The number of oxazole rings is 1. The van der Waals surface area contributed by atoms with Crippen LogP contribution in [0.2, 0.25) is 5.02 Å². The Balaban J connectivity index is 2.46. The van der Waals surface area contributed by atoms with Gasteiger partial charge in [0, 0.05) is 15.9 Å². The summed E-state index contributed by atoms with van der Waals surface area (Å²) in [6.45, 7) is 0. The Bertz CT molecular complexity index is 550. The molecule has 1 heterocycles. The first-order valence-corrected chi connectivity index (χ1v) is 6.16. The van der Waals surface area contributed by atoms with Gasteiger partial charge < -0.3 is 9.52 Å². The van der Waals surface area contributed by atoms with E-state index in [1.807, 2.05) is 0 Å². The van der Waals surface area contributed by atoms with E-state index in [4.69, 9.17) is 21.1 Å². The molecule has 17 heavy (non-hydrogen) atoms. The Morgan fingerprint density at radius 3 is 2.53 bits per heavy atom. The zero-order valence-electron chi connectivity index (χ0n) is 8.48. The number of carboxylic acids is 1. The minimum Gasteiger partial charge on any atom is -0.475 e. The summed E-state index contributed by atoms with van der Waals surface area (Å²) in [6.07, 6.45) is 0. The summed E-state index contributed by atoms with van der Waals surface area (Å²) in [4.78, 5) is 15.0. The van der Waals surface area contributed by atoms with E-state index in [-0.39, 0.29) is 11.7 Å². The minimum absolute atomic E-state index is 0.146. The van der Waals surface area contributed by atoms with Crippen molar-refractivity contribution in [2.75, 3.05) is 0 Å². The Kier molecular flexibility index (Phi) is 3.49. The Hall–Kier alpha value is -1.33. The van der Waals surface area contributed by atoms with Gasteiger partial charge >= 0.3 is 5.97 Å². The molecular weight excluding hydrogens is 309 g/mol. The number of halogens is 2. The summed E-state index contributed by atoms with van der Waals surface area (Å²) in [5, 5.41) is 9.85. The lowest BCUT2D eigenvalue weighted by molar-refractivity contribution is 0.0662. The van der Waals surface area contributed by atoms with Gasteiger partial charge in [-0.05, 0) is 24.3 Å². The second-order valence-corrected chi connectivity index (χ2v) is 4.24. The fourth-order valence-corrected chi connectivity index (χ4v) is 1.83. The van der Waals surface area contributed by atoms with Gasteiger partial charge in [0.1, 0.15) is 5.69 Å². The summed E-state index contributed by atoms with van der Waals surface area (Å²) in [5.74, 6) is -1.01. The largest absolute Gasteiger partial charge is 0.475 e. The summed E-state index contributed by atoms with van der Waals surface area (Å²) in [5.41, 5.74) is 1.05. The monoisotopic (exact) mass is 315 g/mol. The van der Waals surface area contributed by atoms with E-state index in [2.05, 4.69) is 20.9 Å². The van der Waals surface area contributed by atoms with Gasteiger partial charge in [0.05, 0.1) is 0 Å². The topological polar surface area (TPSA) is 63.3 Å². The molecule has 2 aromatic rings. The van der Waals surface area contributed by atoms with Crippen molar-refractivity contribution in [3.63, 3.8) is 0 Å². The first-order chi connectivity index (χ1) is 8.11. The number of aromatic nitrogens is 1. The van der Waals surface area contributed by atoms with Crippen LogP contribution < -0.4 is 0 Å². The summed E-state index contributed by atoms with van der Waals surface area (Å²) in [7, 11) is 0. The lowest BCUT2D eigenvalue weighted by Crippen LogP contribution is -1.97. The average molecular weight is 317 g/mol. The first kappa shape index (κ1) is 12.1. The number of benzene rings is 1. The molecule has 0 bridgehead atoms. The van der Waals surface area contributed by atoms with Crippen molar-refractivity contribution in [1.29, 1.82) is 0 Å². The number of carbonyl (C=O) groups is 1. The zero-order valence-corrected chi connectivity index (χ0v) is 10.8. The maximum atomic E-state index is 10.9. The van der Waals surface area contributed by atoms with Gasteiger partial charge in [0.25, 0.3) is 0 Å². The van der Waals surface area contributed by atoms with Gasteiger partial charge in [-0.2, -0.15) is 0 Å². The Morgan fingerprint density at radius 1 is 1.41 bits per heavy atom. The number of rotatable bonds is 3. The quantitative estimate of drug-likeness (QED) is 0.879. The third kappa shape index (κ3) is 2.50. The molecule has 1 aromatic carbocycles. The van der Waals surface area contributed by atoms with Gasteiger partial charge in [-0.25, -0.2) is 9.78 Å². The zero-order chi connectivity index (χ0) is 12.4. The molecule has 0 spiro atoms. The lowest BCUT2D eigenvalue weighted by atomic mass is 10.2. The SMILES string of the molecule is O=C(O)c1oc(-c2ccc(Cl)cc2)nc1CBr. The normalized spacial score (nSPS) is 10.5.